The zero-order valence-corrected chi connectivity index (χ0v) is 44.7. The van der Waals surface area contributed by atoms with E-state index in [1.807, 2.05) is 0 Å². The summed E-state index contributed by atoms with van der Waals surface area (Å²) in [5.74, 6) is -7.52. The average Bonchev–Trinajstić information content (AvgIpc) is 3.91. The van der Waals surface area contributed by atoms with Gasteiger partial charge in [0.1, 0.15) is 47.8 Å². The lowest BCUT2D eigenvalue weighted by Crippen LogP contribution is -2.60. The SMILES string of the molecule is CC(C)C[C@@H](NC(=O)[C@H](Cc1ccccc1)NC(=O)CNC(=O)CNC(=O)[C@@H](N)Cc1ccc(O)cc1)C(=O)N[C@@H](CCCN=C(N)N)C(=O)N[C@@H](CCCCN)C(=O)N[C@@H](Cc1ccc(O)cc1)C(=O)N1CCC[C@@H]1C(=O)O. The molecule has 79 heavy (non-hydrogen) atoms. The summed E-state index contributed by atoms with van der Waals surface area (Å²) in [5, 5.41) is 47.7. The van der Waals surface area contributed by atoms with E-state index >= 15 is 0 Å². The predicted octanol–water partition coefficient (Wildman–Crippen LogP) is -1.59. The molecule has 3 aromatic rings. The molecular weight excluding hydrogens is 1020 g/mol. The van der Waals surface area contributed by atoms with Crippen LogP contribution in [0.4, 0.5) is 0 Å². The molecular formula is C54H77N13O12. The summed E-state index contributed by atoms with van der Waals surface area (Å²) in [6, 6.07) is 12.1. The minimum absolute atomic E-state index is 0.0362. The maximum Gasteiger partial charge on any atom is 0.326 e. The molecule has 25 heteroatoms. The maximum absolute atomic E-state index is 14.4. The van der Waals surface area contributed by atoms with Crippen molar-refractivity contribution in [2.75, 3.05) is 32.7 Å². The van der Waals surface area contributed by atoms with Crippen molar-refractivity contribution in [3.63, 3.8) is 0 Å². The number of rotatable bonds is 32. The van der Waals surface area contributed by atoms with Gasteiger partial charge >= 0.3 is 5.97 Å². The minimum atomic E-state index is -1.35. The molecule has 1 fully saturated rings. The zero-order chi connectivity index (χ0) is 58.0. The number of nitrogens with one attached hydrogen (secondary N) is 7. The molecule has 7 atom stereocenters. The minimum Gasteiger partial charge on any atom is -0.508 e. The number of nitrogens with two attached hydrogens (primary N) is 4. The van der Waals surface area contributed by atoms with Crippen LogP contribution in [0.5, 0.6) is 11.5 Å². The molecule has 1 heterocycles. The number of amides is 8. The lowest BCUT2D eigenvalue weighted by atomic mass is 10.00. The fourth-order valence-corrected chi connectivity index (χ4v) is 8.70. The van der Waals surface area contributed by atoms with Gasteiger partial charge in [0.2, 0.25) is 47.3 Å². The van der Waals surface area contributed by atoms with Gasteiger partial charge in [0, 0.05) is 25.9 Å². The van der Waals surface area contributed by atoms with Gasteiger partial charge in [0.15, 0.2) is 5.96 Å². The van der Waals surface area contributed by atoms with E-state index in [0.29, 0.717) is 36.0 Å². The Morgan fingerprint density at radius 2 is 1.11 bits per heavy atom. The summed E-state index contributed by atoms with van der Waals surface area (Å²) in [6.45, 7) is 2.96. The third-order valence-electron chi connectivity index (χ3n) is 12.8. The highest BCUT2D eigenvalue weighted by molar-refractivity contribution is 5.97. The number of hydrogen-bond donors (Lipinski definition) is 14. The summed E-state index contributed by atoms with van der Waals surface area (Å²) in [7, 11) is 0. The molecule has 3 aromatic carbocycles. The van der Waals surface area contributed by atoms with Crippen LogP contribution in [0.15, 0.2) is 83.9 Å². The van der Waals surface area contributed by atoms with Crippen LogP contribution < -0.4 is 60.2 Å². The van der Waals surface area contributed by atoms with Crippen LogP contribution in [-0.2, 0) is 62.4 Å². The molecule has 0 spiro atoms. The number of phenols is 2. The molecule has 0 bridgehead atoms. The van der Waals surface area contributed by atoms with E-state index in [0.717, 1.165) is 0 Å². The number of carbonyl (C=O) groups excluding carboxylic acids is 8. The Bertz CT molecular complexity index is 2550. The van der Waals surface area contributed by atoms with Crippen LogP contribution in [0.2, 0.25) is 0 Å². The van der Waals surface area contributed by atoms with Crippen molar-refractivity contribution < 1.29 is 58.5 Å². The van der Waals surface area contributed by atoms with Crippen LogP contribution in [0, 0.1) is 5.92 Å². The highest BCUT2D eigenvalue weighted by atomic mass is 16.4. The standard InChI is InChI=1S/C54H77N13O12/c1-32(2)26-41(65-51(76)42(28-33-10-4-3-5-11-33)62-46(71)31-60-45(70)30-61-47(72)38(56)27-34-15-19-36(68)20-16-34)50(75)64-40(13-8-24-59-54(57)58)48(73)63-39(12-6-7-23-55)49(74)66-43(29-35-17-21-37(69)22-18-35)52(77)67-25-9-14-44(67)53(78)79/h3-5,10-11,15-22,32,38-44,68-69H,6-9,12-14,23-31,55-56H2,1-2H3,(H,60,70)(H,61,72)(H,62,71)(H,63,73)(H,64,75)(H,65,76)(H,66,74)(H,78,79)(H4,57,58,59)/t38-,39-,40-,41+,42-,43-,44+/m0/s1. The van der Waals surface area contributed by atoms with Crippen LogP contribution in [0.1, 0.15) is 81.9 Å². The van der Waals surface area contributed by atoms with Crippen LogP contribution in [-0.4, -0.2) is 154 Å². The predicted molar refractivity (Wildman–Crippen MR) is 292 cm³/mol. The number of aromatic hydroxyl groups is 2. The Hall–Kier alpha value is -8.32. The summed E-state index contributed by atoms with van der Waals surface area (Å²) < 4.78 is 0. The topological polar surface area (TPSA) is 418 Å². The molecule has 1 aliphatic heterocycles. The van der Waals surface area contributed by atoms with E-state index in [1.54, 1.807) is 68.4 Å². The Labute approximate surface area is 458 Å². The Morgan fingerprint density at radius 3 is 1.68 bits per heavy atom. The monoisotopic (exact) mass is 1100 g/mol. The number of phenolic OH excluding ortho intramolecular Hbond substituents is 2. The lowest BCUT2D eigenvalue weighted by Gasteiger charge is -2.30. The second-order valence-corrected chi connectivity index (χ2v) is 19.8. The first kappa shape index (κ1) is 63.2. The summed E-state index contributed by atoms with van der Waals surface area (Å²) in [5.41, 5.74) is 24.8. The smallest absolute Gasteiger partial charge is 0.326 e. The van der Waals surface area contributed by atoms with Gasteiger partial charge in [0.25, 0.3) is 0 Å². The number of nitrogens with zero attached hydrogens (tertiary/aromatic N) is 2. The quantitative estimate of drug-likeness (QED) is 0.0190. The fraction of sp³-hybridized carbons (Fsp3) is 0.481. The van der Waals surface area contributed by atoms with E-state index in [1.165, 1.54) is 29.2 Å². The normalized spacial score (nSPS) is 15.2. The zero-order valence-electron chi connectivity index (χ0n) is 44.7. The molecule has 0 aromatic heterocycles. The van der Waals surface area contributed by atoms with Gasteiger partial charge in [-0.1, -0.05) is 68.4 Å². The third kappa shape index (κ3) is 22.3. The first-order chi connectivity index (χ1) is 37.6. The first-order valence-electron chi connectivity index (χ1n) is 26.3. The van der Waals surface area contributed by atoms with E-state index in [9.17, 15) is 58.5 Å². The molecule has 0 aliphatic carbocycles. The summed E-state index contributed by atoms with van der Waals surface area (Å²) >= 11 is 0. The number of hydrogen-bond acceptors (Lipinski definition) is 14. The highest BCUT2D eigenvalue weighted by Crippen LogP contribution is 2.21. The van der Waals surface area contributed by atoms with E-state index < -0.39 is 109 Å². The number of likely N-dealkylation sites (tertiary alicyclic amines) is 1. The van der Waals surface area contributed by atoms with Crippen molar-refractivity contribution >= 4 is 59.2 Å². The summed E-state index contributed by atoms with van der Waals surface area (Å²) in [6.07, 6.45) is 1.67. The molecule has 18 N–H and O–H groups in total. The van der Waals surface area contributed by atoms with Gasteiger partial charge < -0.3 is 80.4 Å². The van der Waals surface area contributed by atoms with Crippen LogP contribution in [0.3, 0.4) is 0 Å². The Morgan fingerprint density at radius 1 is 0.608 bits per heavy atom. The van der Waals surface area contributed by atoms with Crippen LogP contribution in [0.25, 0.3) is 0 Å². The van der Waals surface area contributed by atoms with Crippen molar-refractivity contribution in [1.29, 1.82) is 0 Å². The third-order valence-corrected chi connectivity index (χ3v) is 12.8. The van der Waals surface area contributed by atoms with Crippen molar-refractivity contribution in [3.05, 3.63) is 95.6 Å². The van der Waals surface area contributed by atoms with Gasteiger partial charge in [0.05, 0.1) is 19.1 Å². The molecule has 430 valence electrons. The molecule has 0 radical (unpaired) electrons. The molecule has 0 unspecified atom stereocenters. The van der Waals surface area contributed by atoms with Gasteiger partial charge in [-0.2, -0.15) is 0 Å². The number of benzene rings is 3. The molecule has 4 rings (SSSR count). The number of aliphatic imine (C=N–C) groups is 1. The van der Waals surface area contributed by atoms with E-state index in [2.05, 4.69) is 42.2 Å². The molecule has 1 saturated heterocycles. The van der Waals surface area contributed by atoms with Crippen LogP contribution >= 0.6 is 0 Å². The number of unbranched alkanes of at least 4 members (excludes halogenated alkanes) is 1. The molecule has 8 amide bonds. The number of aliphatic carboxylic acids is 1. The largest absolute Gasteiger partial charge is 0.508 e. The Kier molecular flexibility index (Phi) is 25.9. The Balaban J connectivity index is 1.51. The molecule has 25 nitrogen and oxygen atoms in total. The van der Waals surface area contributed by atoms with Gasteiger partial charge in [-0.05, 0) is 111 Å². The second kappa shape index (κ2) is 32.4. The summed E-state index contributed by atoms with van der Waals surface area (Å²) in [4.78, 5) is 127. The fourth-order valence-electron chi connectivity index (χ4n) is 8.70. The van der Waals surface area contributed by atoms with Gasteiger partial charge in [-0.3, -0.25) is 43.3 Å². The van der Waals surface area contributed by atoms with Crippen molar-refractivity contribution in [3.8, 4) is 11.5 Å². The number of carbonyl (C=O) groups is 9. The van der Waals surface area contributed by atoms with Gasteiger partial charge in [-0.15, -0.1) is 0 Å². The molecule has 0 saturated carbocycles. The number of carboxylic acid groups (broad SMARTS) is 1. The lowest BCUT2D eigenvalue weighted by molar-refractivity contribution is -0.149. The first-order valence-corrected chi connectivity index (χ1v) is 26.3. The van der Waals surface area contributed by atoms with E-state index in [-0.39, 0.29) is 94.4 Å². The highest BCUT2D eigenvalue weighted by Gasteiger charge is 2.39. The average molecular weight is 1100 g/mol. The van der Waals surface area contributed by atoms with Crippen molar-refractivity contribution in [2.24, 2.45) is 33.8 Å². The number of carboxylic acids is 1. The van der Waals surface area contributed by atoms with Crippen molar-refractivity contribution in [1.82, 2.24) is 42.1 Å². The second-order valence-electron chi connectivity index (χ2n) is 19.8. The van der Waals surface area contributed by atoms with Crippen molar-refractivity contribution in [2.45, 2.75) is 127 Å². The maximum atomic E-state index is 14.4. The van der Waals surface area contributed by atoms with Gasteiger partial charge in [-0.25, -0.2) is 4.79 Å². The van der Waals surface area contributed by atoms with E-state index in [4.69, 9.17) is 22.9 Å². The number of guanidine groups is 1. The molecule has 1 aliphatic rings.